The summed E-state index contributed by atoms with van der Waals surface area (Å²) in [7, 11) is 0. The highest BCUT2D eigenvalue weighted by molar-refractivity contribution is 5.11. The molecule has 0 spiro atoms. The van der Waals surface area contributed by atoms with Crippen LogP contribution < -0.4 is 0 Å². The molecular weight excluding hydrogens is 195 g/mol. The zero-order valence-corrected chi connectivity index (χ0v) is 7.33. The SMILES string of the molecule is OC(CCC(F)(F)F)c1cccnc1. The van der Waals surface area contributed by atoms with Gasteiger partial charge in [-0.25, -0.2) is 0 Å². The van der Waals surface area contributed by atoms with E-state index in [0.29, 0.717) is 5.56 Å². The summed E-state index contributed by atoms with van der Waals surface area (Å²) in [6, 6.07) is 3.13. The summed E-state index contributed by atoms with van der Waals surface area (Å²) in [4.78, 5) is 3.71. The predicted octanol–water partition coefficient (Wildman–Crippen LogP) is 2.46. The van der Waals surface area contributed by atoms with Gasteiger partial charge >= 0.3 is 6.18 Å². The van der Waals surface area contributed by atoms with Crippen LogP contribution in [0.1, 0.15) is 24.5 Å². The normalized spacial score (nSPS) is 14.0. The monoisotopic (exact) mass is 205 g/mol. The van der Waals surface area contributed by atoms with Gasteiger partial charge in [0, 0.05) is 18.8 Å². The molecule has 1 N–H and O–H groups in total. The topological polar surface area (TPSA) is 33.1 Å². The van der Waals surface area contributed by atoms with Gasteiger partial charge in [0.15, 0.2) is 0 Å². The fourth-order valence-electron chi connectivity index (χ4n) is 1.04. The van der Waals surface area contributed by atoms with Gasteiger partial charge in [-0.2, -0.15) is 13.2 Å². The van der Waals surface area contributed by atoms with Crippen molar-refractivity contribution in [1.82, 2.24) is 4.98 Å². The summed E-state index contributed by atoms with van der Waals surface area (Å²) in [5, 5.41) is 9.34. The van der Waals surface area contributed by atoms with Crippen LogP contribution in [0.5, 0.6) is 0 Å². The van der Waals surface area contributed by atoms with Gasteiger partial charge in [0.1, 0.15) is 0 Å². The quantitative estimate of drug-likeness (QED) is 0.822. The van der Waals surface area contributed by atoms with E-state index in [1.165, 1.54) is 12.4 Å². The van der Waals surface area contributed by atoms with Crippen LogP contribution in [-0.4, -0.2) is 16.3 Å². The Balaban J connectivity index is 2.48. The molecule has 0 aromatic carbocycles. The maximum atomic E-state index is 11.8. The lowest BCUT2D eigenvalue weighted by Gasteiger charge is -2.11. The van der Waals surface area contributed by atoms with E-state index < -0.39 is 18.7 Å². The Labute approximate surface area is 79.4 Å². The van der Waals surface area contributed by atoms with Crippen molar-refractivity contribution in [2.24, 2.45) is 0 Å². The van der Waals surface area contributed by atoms with Gasteiger partial charge in [-0.05, 0) is 18.1 Å². The van der Waals surface area contributed by atoms with E-state index in [-0.39, 0.29) is 6.42 Å². The van der Waals surface area contributed by atoms with Crippen molar-refractivity contribution in [3.63, 3.8) is 0 Å². The highest BCUT2D eigenvalue weighted by Gasteiger charge is 2.28. The lowest BCUT2D eigenvalue weighted by Crippen LogP contribution is -2.10. The predicted molar refractivity (Wildman–Crippen MR) is 44.5 cm³/mol. The van der Waals surface area contributed by atoms with Crippen LogP contribution in [0.25, 0.3) is 0 Å². The second-order valence-electron chi connectivity index (χ2n) is 2.96. The van der Waals surface area contributed by atoms with Crippen LogP contribution in [0.15, 0.2) is 24.5 Å². The van der Waals surface area contributed by atoms with Crippen molar-refractivity contribution in [2.45, 2.75) is 25.1 Å². The molecule has 1 rings (SSSR count). The molecule has 0 saturated heterocycles. The van der Waals surface area contributed by atoms with Gasteiger partial charge in [-0.15, -0.1) is 0 Å². The van der Waals surface area contributed by atoms with Crippen molar-refractivity contribution in [3.8, 4) is 0 Å². The van der Waals surface area contributed by atoms with Gasteiger partial charge in [-0.3, -0.25) is 4.98 Å². The fourth-order valence-corrected chi connectivity index (χ4v) is 1.04. The number of pyridine rings is 1. The van der Waals surface area contributed by atoms with Gasteiger partial charge in [0.25, 0.3) is 0 Å². The maximum absolute atomic E-state index is 11.8. The third kappa shape index (κ3) is 3.74. The second kappa shape index (κ2) is 4.41. The smallest absolute Gasteiger partial charge is 0.388 e. The van der Waals surface area contributed by atoms with Crippen molar-refractivity contribution in [3.05, 3.63) is 30.1 Å². The van der Waals surface area contributed by atoms with Gasteiger partial charge in [-0.1, -0.05) is 6.07 Å². The van der Waals surface area contributed by atoms with Crippen LogP contribution in [0.2, 0.25) is 0 Å². The number of hydrogen-bond donors (Lipinski definition) is 1. The average molecular weight is 205 g/mol. The van der Waals surface area contributed by atoms with Crippen LogP contribution >= 0.6 is 0 Å². The van der Waals surface area contributed by atoms with Crippen molar-refractivity contribution in [1.29, 1.82) is 0 Å². The molecule has 0 saturated carbocycles. The number of aliphatic hydroxyl groups is 1. The van der Waals surface area contributed by atoms with E-state index in [2.05, 4.69) is 4.98 Å². The number of aromatic nitrogens is 1. The molecule has 0 aliphatic heterocycles. The minimum atomic E-state index is -4.22. The molecule has 78 valence electrons. The first-order chi connectivity index (χ1) is 6.49. The first kappa shape index (κ1) is 11.0. The number of halogens is 3. The first-order valence-electron chi connectivity index (χ1n) is 4.14. The molecule has 0 bridgehead atoms. The van der Waals surface area contributed by atoms with E-state index in [0.717, 1.165) is 0 Å². The van der Waals surface area contributed by atoms with Crippen molar-refractivity contribution < 1.29 is 18.3 Å². The summed E-state index contributed by atoms with van der Waals surface area (Å²) in [5.74, 6) is 0. The molecule has 1 heterocycles. The van der Waals surface area contributed by atoms with Gasteiger partial charge in [0.05, 0.1) is 6.10 Å². The molecule has 0 radical (unpaired) electrons. The number of nitrogens with zero attached hydrogens (tertiary/aromatic N) is 1. The van der Waals surface area contributed by atoms with E-state index >= 15 is 0 Å². The zero-order chi connectivity index (χ0) is 10.6. The summed E-state index contributed by atoms with van der Waals surface area (Å²) >= 11 is 0. The number of aliphatic hydroxyl groups excluding tert-OH is 1. The number of hydrogen-bond acceptors (Lipinski definition) is 2. The summed E-state index contributed by atoms with van der Waals surface area (Å²) in [5.41, 5.74) is 0.414. The lowest BCUT2D eigenvalue weighted by atomic mass is 10.1. The Hall–Kier alpha value is -1.10. The van der Waals surface area contributed by atoms with Crippen molar-refractivity contribution in [2.75, 3.05) is 0 Å². The summed E-state index contributed by atoms with van der Waals surface area (Å²) < 4.78 is 35.4. The Morgan fingerprint density at radius 3 is 2.64 bits per heavy atom. The Bertz CT molecular complexity index is 273. The molecule has 1 unspecified atom stereocenters. The lowest BCUT2D eigenvalue weighted by molar-refractivity contribution is -0.140. The average Bonchev–Trinajstić information content (AvgIpc) is 2.14. The Kier molecular flexibility index (Phi) is 3.46. The highest BCUT2D eigenvalue weighted by Crippen LogP contribution is 2.26. The zero-order valence-electron chi connectivity index (χ0n) is 7.33. The highest BCUT2D eigenvalue weighted by atomic mass is 19.4. The summed E-state index contributed by atoms with van der Waals surface area (Å²) in [6.07, 6.45) is -3.76. The second-order valence-corrected chi connectivity index (χ2v) is 2.96. The minimum absolute atomic E-state index is 0.324. The summed E-state index contributed by atoms with van der Waals surface area (Å²) in [6.45, 7) is 0. The molecule has 0 fully saturated rings. The maximum Gasteiger partial charge on any atom is 0.389 e. The van der Waals surface area contributed by atoms with Crippen molar-refractivity contribution >= 4 is 0 Å². The number of rotatable bonds is 3. The molecule has 1 atom stereocenters. The molecule has 0 aliphatic rings. The molecule has 0 amide bonds. The largest absolute Gasteiger partial charge is 0.389 e. The molecule has 2 nitrogen and oxygen atoms in total. The standard InChI is InChI=1S/C9H10F3NO/c10-9(11,12)4-3-8(14)7-2-1-5-13-6-7/h1-2,5-6,8,14H,3-4H2. The van der Waals surface area contributed by atoms with Crippen LogP contribution in [0, 0.1) is 0 Å². The minimum Gasteiger partial charge on any atom is -0.388 e. The molecule has 1 aromatic heterocycles. The van der Waals surface area contributed by atoms with Crippen LogP contribution in [0.4, 0.5) is 13.2 Å². The molecule has 1 aromatic rings. The van der Waals surface area contributed by atoms with Crippen LogP contribution in [0.3, 0.4) is 0 Å². The molecule has 0 aliphatic carbocycles. The van der Waals surface area contributed by atoms with E-state index in [1.807, 2.05) is 0 Å². The first-order valence-corrected chi connectivity index (χ1v) is 4.14. The van der Waals surface area contributed by atoms with Gasteiger partial charge < -0.3 is 5.11 Å². The number of alkyl halides is 3. The molecular formula is C9H10F3NO. The third-order valence-corrected chi connectivity index (χ3v) is 1.77. The Morgan fingerprint density at radius 2 is 2.14 bits per heavy atom. The van der Waals surface area contributed by atoms with E-state index in [9.17, 15) is 18.3 Å². The van der Waals surface area contributed by atoms with Crippen LogP contribution in [-0.2, 0) is 0 Å². The van der Waals surface area contributed by atoms with E-state index in [1.54, 1.807) is 12.1 Å². The molecule has 5 heteroatoms. The Morgan fingerprint density at radius 1 is 1.43 bits per heavy atom. The van der Waals surface area contributed by atoms with E-state index in [4.69, 9.17) is 0 Å². The molecule has 14 heavy (non-hydrogen) atoms. The third-order valence-electron chi connectivity index (χ3n) is 1.77. The van der Waals surface area contributed by atoms with Gasteiger partial charge in [0.2, 0.25) is 0 Å². The fraction of sp³-hybridized carbons (Fsp3) is 0.444.